The van der Waals surface area contributed by atoms with Gasteiger partial charge in [-0.15, -0.1) is 0 Å². The Morgan fingerprint density at radius 1 is 1.25 bits per heavy atom. The van der Waals surface area contributed by atoms with Crippen LogP contribution in [0.3, 0.4) is 0 Å². The smallest absolute Gasteiger partial charge is 0.224 e. The van der Waals surface area contributed by atoms with Crippen molar-refractivity contribution < 1.29 is 9.59 Å². The molecule has 1 aliphatic rings. The van der Waals surface area contributed by atoms with E-state index >= 15 is 0 Å². The zero-order valence-electron chi connectivity index (χ0n) is 9.58. The molecule has 0 bridgehead atoms. The molecule has 1 fully saturated rings. The standard InChI is InChI=1S/C11H21N3O2/c12-9-5-3-4-8(9)11(16)14-7-2-1-6-10(13)15/h8-9H,1-7,12H2,(H2,13,15)(H,14,16). The highest BCUT2D eigenvalue weighted by Gasteiger charge is 2.29. The molecule has 0 spiro atoms. The van der Waals surface area contributed by atoms with Crippen LogP contribution in [0, 0.1) is 5.92 Å². The molecular weight excluding hydrogens is 206 g/mol. The monoisotopic (exact) mass is 227 g/mol. The molecule has 5 nitrogen and oxygen atoms in total. The average molecular weight is 227 g/mol. The van der Waals surface area contributed by atoms with Crippen LogP contribution in [0.5, 0.6) is 0 Å². The maximum atomic E-state index is 11.7. The van der Waals surface area contributed by atoms with E-state index in [1.54, 1.807) is 0 Å². The third kappa shape index (κ3) is 4.18. The number of amides is 2. The number of carbonyl (C=O) groups is 2. The van der Waals surface area contributed by atoms with Crippen molar-refractivity contribution in [1.29, 1.82) is 0 Å². The van der Waals surface area contributed by atoms with Crippen LogP contribution < -0.4 is 16.8 Å². The Kier molecular flexibility index (Phi) is 5.25. The molecule has 0 heterocycles. The molecule has 0 saturated heterocycles. The van der Waals surface area contributed by atoms with Crippen molar-refractivity contribution in [3.8, 4) is 0 Å². The highest BCUT2D eigenvalue weighted by molar-refractivity contribution is 5.79. The van der Waals surface area contributed by atoms with Crippen molar-refractivity contribution in [1.82, 2.24) is 5.32 Å². The molecule has 1 rings (SSSR count). The van der Waals surface area contributed by atoms with Gasteiger partial charge in [0.25, 0.3) is 0 Å². The van der Waals surface area contributed by atoms with E-state index in [0.717, 1.165) is 32.1 Å². The average Bonchev–Trinajstić information content (AvgIpc) is 2.63. The van der Waals surface area contributed by atoms with Gasteiger partial charge in [0.2, 0.25) is 11.8 Å². The summed E-state index contributed by atoms with van der Waals surface area (Å²) in [5.41, 5.74) is 10.8. The van der Waals surface area contributed by atoms with Crippen LogP contribution in [0.4, 0.5) is 0 Å². The summed E-state index contributed by atoms with van der Waals surface area (Å²) in [5.74, 6) is -0.246. The van der Waals surface area contributed by atoms with Gasteiger partial charge in [-0.2, -0.15) is 0 Å². The first-order valence-corrected chi connectivity index (χ1v) is 5.93. The molecule has 5 heteroatoms. The van der Waals surface area contributed by atoms with Gasteiger partial charge in [-0.1, -0.05) is 6.42 Å². The number of primary amides is 1. The van der Waals surface area contributed by atoms with E-state index < -0.39 is 0 Å². The number of carbonyl (C=O) groups excluding carboxylic acids is 2. The molecule has 2 amide bonds. The second-order valence-corrected chi connectivity index (χ2v) is 4.42. The summed E-state index contributed by atoms with van der Waals surface area (Å²) in [6, 6.07) is 0.0191. The summed E-state index contributed by atoms with van der Waals surface area (Å²) >= 11 is 0. The minimum absolute atomic E-state index is 0.0175. The van der Waals surface area contributed by atoms with Gasteiger partial charge in [0.05, 0.1) is 5.92 Å². The third-order valence-electron chi connectivity index (χ3n) is 3.06. The molecule has 2 atom stereocenters. The van der Waals surface area contributed by atoms with E-state index in [9.17, 15) is 9.59 Å². The van der Waals surface area contributed by atoms with Gasteiger partial charge in [0, 0.05) is 19.0 Å². The number of rotatable bonds is 6. The van der Waals surface area contributed by atoms with Crippen molar-refractivity contribution >= 4 is 11.8 Å². The molecule has 1 aliphatic carbocycles. The molecule has 1 saturated carbocycles. The van der Waals surface area contributed by atoms with Crippen molar-refractivity contribution in [3.05, 3.63) is 0 Å². The van der Waals surface area contributed by atoms with E-state index in [-0.39, 0.29) is 23.8 Å². The first-order chi connectivity index (χ1) is 7.61. The highest BCUT2D eigenvalue weighted by Crippen LogP contribution is 2.23. The Balaban J connectivity index is 2.08. The van der Waals surface area contributed by atoms with Crippen LogP contribution in [0.1, 0.15) is 38.5 Å². The van der Waals surface area contributed by atoms with Gasteiger partial charge in [-0.05, 0) is 25.7 Å². The molecule has 0 aromatic heterocycles. The second kappa shape index (κ2) is 6.48. The predicted octanol–water partition coefficient (Wildman–Crippen LogP) is -0.114. The first kappa shape index (κ1) is 13.0. The summed E-state index contributed by atoms with van der Waals surface area (Å²) in [6.07, 6.45) is 4.79. The number of nitrogens with one attached hydrogen (secondary N) is 1. The summed E-state index contributed by atoms with van der Waals surface area (Å²) in [6.45, 7) is 0.606. The van der Waals surface area contributed by atoms with E-state index in [0.29, 0.717) is 13.0 Å². The Hall–Kier alpha value is -1.10. The summed E-state index contributed by atoms with van der Waals surface area (Å²) in [7, 11) is 0. The number of nitrogens with two attached hydrogens (primary N) is 2. The van der Waals surface area contributed by atoms with Crippen LogP contribution >= 0.6 is 0 Å². The maximum Gasteiger partial charge on any atom is 0.224 e. The quantitative estimate of drug-likeness (QED) is 0.552. The zero-order valence-corrected chi connectivity index (χ0v) is 9.58. The number of unbranched alkanes of at least 4 members (excludes halogenated alkanes) is 1. The molecular formula is C11H21N3O2. The Morgan fingerprint density at radius 3 is 2.56 bits per heavy atom. The Labute approximate surface area is 95.9 Å². The van der Waals surface area contributed by atoms with E-state index in [2.05, 4.69) is 5.32 Å². The highest BCUT2D eigenvalue weighted by atomic mass is 16.2. The maximum absolute atomic E-state index is 11.7. The van der Waals surface area contributed by atoms with Crippen LogP contribution in [0.2, 0.25) is 0 Å². The molecule has 0 aromatic rings. The van der Waals surface area contributed by atoms with Crippen LogP contribution in [-0.4, -0.2) is 24.4 Å². The van der Waals surface area contributed by atoms with Gasteiger partial charge in [-0.3, -0.25) is 9.59 Å². The Morgan fingerprint density at radius 2 is 2.00 bits per heavy atom. The third-order valence-corrected chi connectivity index (χ3v) is 3.06. The largest absolute Gasteiger partial charge is 0.370 e. The topological polar surface area (TPSA) is 98.2 Å². The number of hydrogen-bond acceptors (Lipinski definition) is 3. The van der Waals surface area contributed by atoms with Crippen LogP contribution in [-0.2, 0) is 9.59 Å². The van der Waals surface area contributed by atoms with Gasteiger partial charge in [0.1, 0.15) is 0 Å². The van der Waals surface area contributed by atoms with Gasteiger partial charge in [-0.25, -0.2) is 0 Å². The summed E-state index contributed by atoms with van der Waals surface area (Å²) in [4.78, 5) is 22.1. The second-order valence-electron chi connectivity index (χ2n) is 4.42. The molecule has 0 aromatic carbocycles. The fourth-order valence-corrected chi connectivity index (χ4v) is 2.08. The normalized spacial score (nSPS) is 24.3. The lowest BCUT2D eigenvalue weighted by molar-refractivity contribution is -0.125. The summed E-state index contributed by atoms with van der Waals surface area (Å²) < 4.78 is 0. The lowest BCUT2D eigenvalue weighted by atomic mass is 10.0. The first-order valence-electron chi connectivity index (χ1n) is 5.93. The van der Waals surface area contributed by atoms with Crippen molar-refractivity contribution in [3.63, 3.8) is 0 Å². The van der Waals surface area contributed by atoms with Gasteiger partial charge < -0.3 is 16.8 Å². The molecule has 0 radical (unpaired) electrons. The van der Waals surface area contributed by atoms with Crippen LogP contribution in [0.25, 0.3) is 0 Å². The van der Waals surface area contributed by atoms with Gasteiger partial charge >= 0.3 is 0 Å². The lowest BCUT2D eigenvalue weighted by Crippen LogP contribution is -2.38. The van der Waals surface area contributed by atoms with Crippen molar-refractivity contribution in [2.45, 2.75) is 44.6 Å². The summed E-state index contributed by atoms with van der Waals surface area (Å²) in [5, 5.41) is 2.86. The van der Waals surface area contributed by atoms with E-state index in [1.165, 1.54) is 0 Å². The minimum Gasteiger partial charge on any atom is -0.370 e. The van der Waals surface area contributed by atoms with E-state index in [4.69, 9.17) is 11.5 Å². The lowest BCUT2D eigenvalue weighted by Gasteiger charge is -2.14. The van der Waals surface area contributed by atoms with Crippen molar-refractivity contribution in [2.75, 3.05) is 6.54 Å². The fraction of sp³-hybridized carbons (Fsp3) is 0.818. The minimum atomic E-state index is -0.288. The molecule has 5 N–H and O–H groups in total. The molecule has 16 heavy (non-hydrogen) atoms. The van der Waals surface area contributed by atoms with E-state index in [1.807, 2.05) is 0 Å². The predicted molar refractivity (Wildman–Crippen MR) is 61.4 cm³/mol. The van der Waals surface area contributed by atoms with Crippen LogP contribution in [0.15, 0.2) is 0 Å². The molecule has 0 aliphatic heterocycles. The zero-order chi connectivity index (χ0) is 12.0. The molecule has 2 unspecified atom stereocenters. The molecule has 92 valence electrons. The SMILES string of the molecule is NC(=O)CCCCNC(=O)C1CCCC1N. The fourth-order valence-electron chi connectivity index (χ4n) is 2.08. The number of hydrogen-bond donors (Lipinski definition) is 3. The van der Waals surface area contributed by atoms with Crippen molar-refractivity contribution in [2.24, 2.45) is 17.4 Å². The van der Waals surface area contributed by atoms with Gasteiger partial charge in [0.15, 0.2) is 0 Å². The Bertz CT molecular complexity index is 256.